The molecule has 3 fully saturated rings. The number of carbonyl (C=O) groups is 2. The van der Waals surface area contributed by atoms with Gasteiger partial charge in [-0.25, -0.2) is 0 Å². The number of benzene rings is 3. The second-order valence-electron chi connectivity index (χ2n) is 12.5. The first-order valence-corrected chi connectivity index (χ1v) is 15.6. The maximum Gasteiger partial charge on any atom is 0.239 e. The Morgan fingerprint density at radius 2 is 1.60 bits per heavy atom. The van der Waals surface area contributed by atoms with Crippen LogP contribution in [0, 0.1) is 11.8 Å². The number of fused-ring (bicyclic) bond motifs is 3. The Hall–Kier alpha value is -3.68. The molecule has 2 bridgehead atoms. The molecule has 7 nitrogen and oxygen atoms in total. The second kappa shape index (κ2) is 13.7. The third-order valence-electron chi connectivity index (χ3n) is 9.49. The minimum atomic E-state index is -0.684. The lowest BCUT2D eigenvalue weighted by Crippen LogP contribution is -2.67. The third kappa shape index (κ3) is 6.94. The molecule has 2 unspecified atom stereocenters. The van der Waals surface area contributed by atoms with Crippen molar-refractivity contribution in [3.05, 3.63) is 101 Å². The number of primary amides is 1. The van der Waals surface area contributed by atoms with Crippen LogP contribution in [0.25, 0.3) is 0 Å². The fraction of sp³-hybridized carbons (Fsp3) is 0.444. The lowest BCUT2D eigenvalue weighted by Gasteiger charge is -2.57. The van der Waals surface area contributed by atoms with E-state index in [1.54, 1.807) is 14.0 Å². The van der Waals surface area contributed by atoms with Crippen molar-refractivity contribution in [1.82, 2.24) is 15.5 Å². The molecule has 7 heteroatoms. The van der Waals surface area contributed by atoms with E-state index in [9.17, 15) is 9.59 Å². The summed E-state index contributed by atoms with van der Waals surface area (Å²) in [6.07, 6.45) is 1.38. The molecule has 3 heterocycles. The van der Waals surface area contributed by atoms with E-state index < -0.39 is 11.9 Å². The zero-order valence-electron chi connectivity index (χ0n) is 25.8. The number of piperidine rings is 3. The number of carbonyl (C=O) groups excluding carboxylic acids is 2. The highest BCUT2D eigenvalue weighted by atomic mass is 16.5. The molecular formula is C36H46N4O3. The summed E-state index contributed by atoms with van der Waals surface area (Å²) in [6, 6.07) is 27.7. The van der Waals surface area contributed by atoms with E-state index in [-0.39, 0.29) is 29.8 Å². The quantitative estimate of drug-likeness (QED) is 0.285. The third-order valence-corrected chi connectivity index (χ3v) is 9.49. The van der Waals surface area contributed by atoms with E-state index in [0.717, 1.165) is 30.8 Å². The summed E-state index contributed by atoms with van der Waals surface area (Å²) >= 11 is 0. The van der Waals surface area contributed by atoms with Gasteiger partial charge in [-0.2, -0.15) is 0 Å². The molecule has 3 aliphatic rings. The molecule has 0 spiro atoms. The van der Waals surface area contributed by atoms with Crippen LogP contribution in [0.2, 0.25) is 0 Å². The Balaban J connectivity index is 1.50. The van der Waals surface area contributed by atoms with Gasteiger partial charge in [0, 0.05) is 43.1 Å². The van der Waals surface area contributed by atoms with Crippen LogP contribution in [0.1, 0.15) is 67.7 Å². The predicted octanol–water partition coefficient (Wildman–Crippen LogP) is 4.81. The van der Waals surface area contributed by atoms with E-state index in [1.807, 2.05) is 0 Å². The van der Waals surface area contributed by atoms with Crippen molar-refractivity contribution in [3.63, 3.8) is 0 Å². The molecule has 43 heavy (non-hydrogen) atoms. The first-order chi connectivity index (χ1) is 20.8. The molecule has 3 aliphatic heterocycles. The number of nitrogens with one attached hydrogen (secondary N) is 2. The van der Waals surface area contributed by atoms with Gasteiger partial charge in [0.2, 0.25) is 11.8 Å². The minimum Gasteiger partial charge on any atom is -0.496 e. The van der Waals surface area contributed by atoms with Gasteiger partial charge in [-0.05, 0) is 60.4 Å². The molecule has 2 amide bonds. The van der Waals surface area contributed by atoms with Gasteiger partial charge in [-0.15, -0.1) is 0 Å². The first-order valence-electron chi connectivity index (χ1n) is 15.6. The van der Waals surface area contributed by atoms with Crippen molar-refractivity contribution in [1.29, 1.82) is 0 Å². The molecule has 4 N–H and O–H groups in total. The number of amides is 2. The topological polar surface area (TPSA) is 96.7 Å². The van der Waals surface area contributed by atoms with E-state index >= 15 is 0 Å². The van der Waals surface area contributed by atoms with E-state index in [0.29, 0.717) is 24.8 Å². The van der Waals surface area contributed by atoms with Gasteiger partial charge < -0.3 is 21.1 Å². The SMILES string of the molecule is COc1ccc(C(C)C)cc1CN[C@H]1[C@H]2CCN(C[C@@H]2CC(=O)NC(C)C(N)=O)[C@@H]1C(c1ccccc1)c1ccccc1. The largest absolute Gasteiger partial charge is 0.496 e. The monoisotopic (exact) mass is 582 g/mol. The van der Waals surface area contributed by atoms with E-state index in [1.165, 1.54) is 16.7 Å². The van der Waals surface area contributed by atoms with Crippen molar-refractivity contribution in [2.24, 2.45) is 17.6 Å². The average molecular weight is 583 g/mol. The van der Waals surface area contributed by atoms with Crippen molar-refractivity contribution in [3.8, 4) is 5.75 Å². The predicted molar refractivity (Wildman–Crippen MR) is 171 cm³/mol. The number of ether oxygens (including phenoxy) is 1. The van der Waals surface area contributed by atoms with Crippen LogP contribution < -0.4 is 21.1 Å². The maximum atomic E-state index is 13.1. The Bertz CT molecular complexity index is 1340. The summed E-state index contributed by atoms with van der Waals surface area (Å²) < 4.78 is 5.78. The van der Waals surface area contributed by atoms with Crippen LogP contribution in [0.3, 0.4) is 0 Å². The Morgan fingerprint density at radius 1 is 0.953 bits per heavy atom. The highest BCUT2D eigenvalue weighted by Crippen LogP contribution is 2.45. The average Bonchev–Trinajstić information content (AvgIpc) is 3.01. The molecule has 0 saturated carbocycles. The summed E-state index contributed by atoms with van der Waals surface area (Å²) in [5.41, 5.74) is 10.4. The molecule has 0 aromatic heterocycles. The number of methoxy groups -OCH3 is 1. The summed E-state index contributed by atoms with van der Waals surface area (Å²) in [6.45, 7) is 8.56. The lowest BCUT2D eigenvalue weighted by atomic mass is 9.65. The second-order valence-corrected chi connectivity index (χ2v) is 12.5. The highest BCUT2D eigenvalue weighted by Gasteiger charge is 2.50. The van der Waals surface area contributed by atoms with Crippen LogP contribution in [0.15, 0.2) is 78.9 Å². The Kier molecular flexibility index (Phi) is 9.83. The smallest absolute Gasteiger partial charge is 0.239 e. The zero-order valence-corrected chi connectivity index (χ0v) is 25.8. The Morgan fingerprint density at radius 3 is 2.19 bits per heavy atom. The van der Waals surface area contributed by atoms with Gasteiger partial charge in [0.1, 0.15) is 11.8 Å². The number of nitrogens with two attached hydrogens (primary N) is 1. The van der Waals surface area contributed by atoms with Gasteiger partial charge in [-0.1, -0.05) is 86.6 Å². The van der Waals surface area contributed by atoms with E-state index in [4.69, 9.17) is 10.5 Å². The summed E-state index contributed by atoms with van der Waals surface area (Å²) in [4.78, 5) is 27.3. The number of rotatable bonds is 12. The van der Waals surface area contributed by atoms with Crippen LogP contribution in [0.4, 0.5) is 0 Å². The maximum absolute atomic E-state index is 13.1. The number of hydrogen-bond donors (Lipinski definition) is 3. The van der Waals surface area contributed by atoms with Gasteiger partial charge in [-0.3, -0.25) is 14.5 Å². The fourth-order valence-corrected chi connectivity index (χ4v) is 7.25. The highest BCUT2D eigenvalue weighted by molar-refractivity contribution is 5.86. The standard InChI is InChI=1S/C36H46N4O3/c1-23(2)27-15-16-31(43-4)28(19-27)21-38-34-30-17-18-40(22-29(30)20-32(41)39-24(3)36(37)42)35(34)33(25-11-7-5-8-12-25)26-13-9-6-10-14-26/h5-16,19,23-24,29-30,33-35,38H,17-18,20-22H2,1-4H3,(H2,37,42)(H,39,41)/t24?,29-,30-,34-,35+/m0/s1. The molecule has 228 valence electrons. The molecule has 6 rings (SSSR count). The van der Waals surface area contributed by atoms with Gasteiger partial charge in [0.25, 0.3) is 0 Å². The van der Waals surface area contributed by atoms with Gasteiger partial charge in [0.15, 0.2) is 0 Å². The molecule has 3 saturated heterocycles. The number of hydrogen-bond acceptors (Lipinski definition) is 5. The molecule has 3 aromatic carbocycles. The fourth-order valence-electron chi connectivity index (χ4n) is 7.25. The summed E-state index contributed by atoms with van der Waals surface area (Å²) in [5.74, 6) is 1.28. The number of nitrogens with zero attached hydrogens (tertiary/aromatic N) is 1. The molecule has 6 atom stereocenters. The van der Waals surface area contributed by atoms with Gasteiger partial charge in [0.05, 0.1) is 7.11 Å². The van der Waals surface area contributed by atoms with Crippen LogP contribution in [-0.4, -0.2) is 55.0 Å². The lowest BCUT2D eigenvalue weighted by molar-refractivity contribution is -0.129. The van der Waals surface area contributed by atoms with Crippen molar-refractivity contribution in [2.75, 3.05) is 20.2 Å². The normalized spacial score (nSPS) is 23.7. The van der Waals surface area contributed by atoms with Crippen LogP contribution in [0.5, 0.6) is 5.75 Å². The molecule has 3 aromatic rings. The minimum absolute atomic E-state index is 0.116. The van der Waals surface area contributed by atoms with Crippen molar-refractivity contribution < 1.29 is 14.3 Å². The van der Waals surface area contributed by atoms with Crippen LogP contribution >= 0.6 is 0 Å². The molecule has 0 aliphatic carbocycles. The summed E-state index contributed by atoms with van der Waals surface area (Å²) in [7, 11) is 1.73. The van der Waals surface area contributed by atoms with E-state index in [2.05, 4.69) is 108 Å². The zero-order chi connectivity index (χ0) is 30.5. The summed E-state index contributed by atoms with van der Waals surface area (Å²) in [5, 5.41) is 6.82. The van der Waals surface area contributed by atoms with Crippen molar-refractivity contribution in [2.45, 2.75) is 70.1 Å². The van der Waals surface area contributed by atoms with Gasteiger partial charge >= 0.3 is 0 Å². The molecular weight excluding hydrogens is 536 g/mol. The molecule has 0 radical (unpaired) electrons. The Labute approximate surface area is 256 Å². The van der Waals surface area contributed by atoms with Crippen molar-refractivity contribution >= 4 is 11.8 Å². The first kappa shape index (κ1) is 30.8. The van der Waals surface area contributed by atoms with Crippen LogP contribution in [-0.2, 0) is 16.1 Å².